The average Bonchev–Trinajstić information content (AvgIpc) is 2.99. The summed E-state index contributed by atoms with van der Waals surface area (Å²) in [4.78, 5) is 15.1. The number of carbonyl (C=O) groups is 1. The van der Waals surface area contributed by atoms with Crippen molar-refractivity contribution < 1.29 is 9.32 Å². The highest BCUT2D eigenvalue weighted by atomic mass is 16.5. The summed E-state index contributed by atoms with van der Waals surface area (Å²) >= 11 is 0. The molecule has 1 atom stereocenters. The molecule has 1 heterocycles. The van der Waals surface area contributed by atoms with Crippen molar-refractivity contribution in [2.45, 2.75) is 25.3 Å². The fourth-order valence-electron chi connectivity index (χ4n) is 1.43. The fourth-order valence-corrected chi connectivity index (χ4v) is 1.43. The van der Waals surface area contributed by atoms with E-state index in [1.165, 1.54) is 19.9 Å². The topological polar surface area (TPSA) is 94.0 Å². The van der Waals surface area contributed by atoms with Gasteiger partial charge in [-0.15, -0.1) is 0 Å². The van der Waals surface area contributed by atoms with Gasteiger partial charge in [-0.25, -0.2) is 0 Å². The van der Waals surface area contributed by atoms with Crippen LogP contribution in [0, 0.1) is 5.92 Å². The molecule has 1 unspecified atom stereocenters. The minimum atomic E-state index is -0.343. The number of carbonyl (C=O) groups excluding carboxylic acids is 1. The van der Waals surface area contributed by atoms with Gasteiger partial charge in [-0.05, 0) is 18.8 Å². The summed E-state index contributed by atoms with van der Waals surface area (Å²) in [6.45, 7) is 0. The van der Waals surface area contributed by atoms with Crippen molar-refractivity contribution in [3.05, 3.63) is 11.7 Å². The molecule has 1 aliphatic rings. The number of nitrogens with two attached hydrogens (primary N) is 1. The molecule has 1 saturated carbocycles. The standard InChI is InChI=1S/C9H14N4O2/c1-11-9(14)8-12-7(15-13-8)4-6(10)5-2-3-5/h5-6H,2-4,10H2,1H3,(H,11,14). The Morgan fingerprint density at radius 2 is 2.47 bits per heavy atom. The molecule has 0 saturated heterocycles. The zero-order valence-corrected chi connectivity index (χ0v) is 8.56. The quantitative estimate of drug-likeness (QED) is 0.712. The van der Waals surface area contributed by atoms with E-state index in [1.54, 1.807) is 0 Å². The van der Waals surface area contributed by atoms with Gasteiger partial charge in [0.2, 0.25) is 5.89 Å². The number of aromatic nitrogens is 2. The van der Waals surface area contributed by atoms with Crippen LogP contribution in [0.2, 0.25) is 0 Å². The van der Waals surface area contributed by atoms with Gasteiger partial charge in [0.25, 0.3) is 11.7 Å². The van der Waals surface area contributed by atoms with Crippen LogP contribution in [-0.4, -0.2) is 29.1 Å². The van der Waals surface area contributed by atoms with Crippen molar-refractivity contribution in [3.8, 4) is 0 Å². The van der Waals surface area contributed by atoms with Gasteiger partial charge in [0.1, 0.15) is 0 Å². The lowest BCUT2D eigenvalue weighted by molar-refractivity contribution is 0.0950. The minimum absolute atomic E-state index is 0.0653. The monoisotopic (exact) mass is 210 g/mol. The zero-order valence-electron chi connectivity index (χ0n) is 8.56. The van der Waals surface area contributed by atoms with Crippen LogP contribution >= 0.6 is 0 Å². The highest BCUT2D eigenvalue weighted by molar-refractivity contribution is 5.89. The first-order chi connectivity index (χ1) is 7.20. The maximum atomic E-state index is 11.1. The first-order valence-corrected chi connectivity index (χ1v) is 5.01. The molecule has 6 nitrogen and oxygen atoms in total. The lowest BCUT2D eigenvalue weighted by Crippen LogP contribution is -2.25. The summed E-state index contributed by atoms with van der Waals surface area (Å²) in [7, 11) is 1.52. The Bertz CT molecular complexity index is 359. The molecular formula is C9H14N4O2. The molecule has 82 valence electrons. The third-order valence-corrected chi connectivity index (χ3v) is 2.54. The number of hydrogen-bond donors (Lipinski definition) is 2. The number of hydrogen-bond acceptors (Lipinski definition) is 5. The second kappa shape index (κ2) is 3.98. The van der Waals surface area contributed by atoms with E-state index >= 15 is 0 Å². The van der Waals surface area contributed by atoms with Gasteiger partial charge >= 0.3 is 0 Å². The number of nitrogens with zero attached hydrogens (tertiary/aromatic N) is 2. The molecule has 1 aromatic rings. The average molecular weight is 210 g/mol. The van der Waals surface area contributed by atoms with E-state index in [1.807, 2.05) is 0 Å². The van der Waals surface area contributed by atoms with Crippen LogP contribution in [-0.2, 0) is 6.42 Å². The predicted octanol–water partition coefficient (Wildman–Crippen LogP) is -0.291. The van der Waals surface area contributed by atoms with Crippen LogP contribution < -0.4 is 11.1 Å². The SMILES string of the molecule is CNC(=O)c1noc(CC(N)C2CC2)n1. The molecule has 1 aliphatic carbocycles. The summed E-state index contributed by atoms with van der Waals surface area (Å²) in [6.07, 6.45) is 2.91. The molecule has 2 rings (SSSR count). The molecule has 1 aromatic heterocycles. The second-order valence-corrected chi connectivity index (χ2v) is 3.80. The molecule has 3 N–H and O–H groups in total. The van der Waals surface area contributed by atoms with E-state index < -0.39 is 0 Å². The van der Waals surface area contributed by atoms with E-state index in [2.05, 4.69) is 15.5 Å². The van der Waals surface area contributed by atoms with E-state index in [0.29, 0.717) is 18.2 Å². The van der Waals surface area contributed by atoms with Crippen molar-refractivity contribution in [3.63, 3.8) is 0 Å². The predicted molar refractivity (Wildman–Crippen MR) is 52.1 cm³/mol. The van der Waals surface area contributed by atoms with Crippen molar-refractivity contribution in [2.75, 3.05) is 7.05 Å². The largest absolute Gasteiger partial charge is 0.352 e. The number of nitrogens with one attached hydrogen (secondary N) is 1. The van der Waals surface area contributed by atoms with E-state index in [0.717, 1.165) is 0 Å². The molecule has 0 radical (unpaired) electrons. The van der Waals surface area contributed by atoms with Crippen LogP contribution in [0.3, 0.4) is 0 Å². The second-order valence-electron chi connectivity index (χ2n) is 3.80. The minimum Gasteiger partial charge on any atom is -0.352 e. The van der Waals surface area contributed by atoms with Gasteiger partial charge in [0, 0.05) is 19.5 Å². The lowest BCUT2D eigenvalue weighted by Gasteiger charge is -2.04. The maximum absolute atomic E-state index is 11.1. The molecule has 1 amide bonds. The Kier molecular flexibility index (Phi) is 2.68. The van der Waals surface area contributed by atoms with Crippen LogP contribution in [0.1, 0.15) is 29.4 Å². The molecule has 1 fully saturated rings. The van der Waals surface area contributed by atoms with Crippen LogP contribution in [0.15, 0.2) is 4.52 Å². The molecule has 0 aliphatic heterocycles. The molecule has 0 spiro atoms. The van der Waals surface area contributed by atoms with Gasteiger partial charge in [-0.2, -0.15) is 4.98 Å². The molecule has 0 aromatic carbocycles. The van der Waals surface area contributed by atoms with Gasteiger partial charge in [0.15, 0.2) is 0 Å². The maximum Gasteiger partial charge on any atom is 0.292 e. The van der Waals surface area contributed by atoms with Crippen LogP contribution in [0.5, 0.6) is 0 Å². The molecule has 15 heavy (non-hydrogen) atoms. The Labute approximate surface area is 87.2 Å². The van der Waals surface area contributed by atoms with E-state index in [9.17, 15) is 4.79 Å². The van der Waals surface area contributed by atoms with Crippen LogP contribution in [0.25, 0.3) is 0 Å². The highest BCUT2D eigenvalue weighted by Crippen LogP contribution is 2.32. The first-order valence-electron chi connectivity index (χ1n) is 5.01. The zero-order chi connectivity index (χ0) is 10.8. The van der Waals surface area contributed by atoms with Gasteiger partial charge in [-0.3, -0.25) is 4.79 Å². The van der Waals surface area contributed by atoms with Crippen LogP contribution in [0.4, 0.5) is 0 Å². The van der Waals surface area contributed by atoms with E-state index in [-0.39, 0.29) is 17.8 Å². The highest BCUT2D eigenvalue weighted by Gasteiger charge is 2.30. The fraction of sp³-hybridized carbons (Fsp3) is 0.667. The smallest absolute Gasteiger partial charge is 0.292 e. The van der Waals surface area contributed by atoms with Gasteiger partial charge in [-0.1, -0.05) is 5.16 Å². The summed E-state index contributed by atoms with van der Waals surface area (Å²) in [5, 5.41) is 5.99. The third kappa shape index (κ3) is 2.33. The summed E-state index contributed by atoms with van der Waals surface area (Å²) in [5.41, 5.74) is 5.90. The Balaban J connectivity index is 1.97. The Morgan fingerprint density at radius 1 is 1.73 bits per heavy atom. The van der Waals surface area contributed by atoms with Crippen molar-refractivity contribution in [1.29, 1.82) is 0 Å². The first kappa shape index (κ1) is 10.1. The molecule has 6 heteroatoms. The van der Waals surface area contributed by atoms with Gasteiger partial charge < -0.3 is 15.6 Å². The third-order valence-electron chi connectivity index (χ3n) is 2.54. The van der Waals surface area contributed by atoms with Crippen molar-refractivity contribution >= 4 is 5.91 Å². The number of rotatable bonds is 4. The summed E-state index contributed by atoms with van der Waals surface area (Å²) in [6, 6.07) is 0.0722. The lowest BCUT2D eigenvalue weighted by atomic mass is 10.1. The van der Waals surface area contributed by atoms with E-state index in [4.69, 9.17) is 10.3 Å². The van der Waals surface area contributed by atoms with Gasteiger partial charge in [0.05, 0.1) is 0 Å². The molecular weight excluding hydrogens is 196 g/mol. The molecule has 0 bridgehead atoms. The van der Waals surface area contributed by atoms with Crippen molar-refractivity contribution in [1.82, 2.24) is 15.5 Å². The normalized spacial score (nSPS) is 17.5. The van der Waals surface area contributed by atoms with Crippen molar-refractivity contribution in [2.24, 2.45) is 11.7 Å². The summed E-state index contributed by atoms with van der Waals surface area (Å²) < 4.78 is 4.93. The Morgan fingerprint density at radius 3 is 3.07 bits per heavy atom. The number of amides is 1. The Hall–Kier alpha value is -1.43. The summed E-state index contributed by atoms with van der Waals surface area (Å²) in [5.74, 6) is 0.744.